The largest absolute Gasteiger partial charge is 0.396 e. The zero-order valence-corrected chi connectivity index (χ0v) is 7.91. The molecule has 0 fully saturated rings. The van der Waals surface area contributed by atoms with Crippen molar-refractivity contribution >= 4 is 27.3 Å². The summed E-state index contributed by atoms with van der Waals surface area (Å²) in [6.07, 6.45) is 1.83. The smallest absolute Gasteiger partial charge is 0.0730 e. The van der Waals surface area contributed by atoms with Crippen LogP contribution in [-0.2, 0) is 6.42 Å². The number of halogens is 1. The number of aliphatic hydroxyl groups is 1. The van der Waals surface area contributed by atoms with E-state index in [0.717, 1.165) is 12.8 Å². The zero-order valence-electron chi connectivity index (χ0n) is 5.51. The third-order valence-corrected chi connectivity index (χ3v) is 3.11. The highest BCUT2D eigenvalue weighted by atomic mass is 79.9. The van der Waals surface area contributed by atoms with Gasteiger partial charge in [-0.25, -0.2) is 0 Å². The highest BCUT2D eigenvalue weighted by Crippen LogP contribution is 2.24. The van der Waals surface area contributed by atoms with E-state index in [0.29, 0.717) is 0 Å². The van der Waals surface area contributed by atoms with Crippen LogP contribution in [0.15, 0.2) is 15.2 Å². The molecule has 1 heterocycles. The Bertz CT molecular complexity index is 197. The zero-order chi connectivity index (χ0) is 7.40. The lowest BCUT2D eigenvalue weighted by Crippen LogP contribution is -1.86. The van der Waals surface area contributed by atoms with Gasteiger partial charge in [-0.05, 0) is 45.8 Å². The lowest BCUT2D eigenvalue weighted by Gasteiger charge is -1.93. The van der Waals surface area contributed by atoms with E-state index < -0.39 is 0 Å². The Labute approximate surface area is 72.8 Å². The van der Waals surface area contributed by atoms with E-state index >= 15 is 0 Å². The van der Waals surface area contributed by atoms with Gasteiger partial charge in [0.1, 0.15) is 0 Å². The first-order valence-electron chi connectivity index (χ1n) is 3.17. The van der Waals surface area contributed by atoms with Crippen LogP contribution in [-0.4, -0.2) is 11.7 Å². The van der Waals surface area contributed by atoms with Crippen molar-refractivity contribution in [2.45, 2.75) is 12.8 Å². The van der Waals surface area contributed by atoms with Crippen LogP contribution in [0.4, 0.5) is 0 Å². The predicted octanol–water partition coefficient (Wildman–Crippen LogP) is 2.44. The van der Waals surface area contributed by atoms with Gasteiger partial charge < -0.3 is 5.11 Å². The molecule has 0 saturated carbocycles. The predicted molar refractivity (Wildman–Crippen MR) is 47.4 cm³/mol. The molecular weight excluding hydrogens is 212 g/mol. The highest BCUT2D eigenvalue weighted by molar-refractivity contribution is 9.11. The van der Waals surface area contributed by atoms with Crippen molar-refractivity contribution in [3.63, 3.8) is 0 Å². The molecule has 56 valence electrons. The van der Waals surface area contributed by atoms with Gasteiger partial charge in [-0.2, -0.15) is 0 Å². The van der Waals surface area contributed by atoms with Crippen LogP contribution in [0.3, 0.4) is 0 Å². The first-order chi connectivity index (χ1) is 4.84. The quantitative estimate of drug-likeness (QED) is 0.831. The second kappa shape index (κ2) is 4.11. The van der Waals surface area contributed by atoms with Crippen molar-refractivity contribution in [3.8, 4) is 0 Å². The molecule has 0 aromatic carbocycles. The maximum atomic E-state index is 8.54. The Morgan fingerprint density at radius 3 is 2.90 bits per heavy atom. The molecule has 0 aliphatic rings. The maximum absolute atomic E-state index is 8.54. The minimum Gasteiger partial charge on any atom is -0.396 e. The second-order valence-electron chi connectivity index (χ2n) is 2.05. The van der Waals surface area contributed by atoms with Gasteiger partial charge in [-0.3, -0.25) is 0 Å². The van der Waals surface area contributed by atoms with Crippen LogP contribution in [0.5, 0.6) is 0 Å². The highest BCUT2D eigenvalue weighted by Gasteiger charge is 1.98. The summed E-state index contributed by atoms with van der Waals surface area (Å²) in [6.45, 7) is 0.280. The first kappa shape index (κ1) is 8.24. The summed E-state index contributed by atoms with van der Waals surface area (Å²) >= 11 is 5.12. The van der Waals surface area contributed by atoms with Crippen molar-refractivity contribution in [2.75, 3.05) is 6.61 Å². The third-order valence-electron chi connectivity index (χ3n) is 1.30. The van der Waals surface area contributed by atoms with E-state index in [1.165, 1.54) is 9.35 Å². The molecule has 1 N–H and O–H groups in total. The van der Waals surface area contributed by atoms with E-state index in [1.54, 1.807) is 11.3 Å². The molecule has 0 aliphatic heterocycles. The van der Waals surface area contributed by atoms with Gasteiger partial charge in [-0.15, -0.1) is 11.3 Å². The molecule has 0 saturated heterocycles. The average molecular weight is 221 g/mol. The standard InChI is InChI=1S/C7H9BrOS/c8-7-6(2-1-4-9)3-5-10-7/h3,5,9H,1-2,4H2. The fraction of sp³-hybridized carbons (Fsp3) is 0.429. The summed E-state index contributed by atoms with van der Waals surface area (Å²) < 4.78 is 1.20. The van der Waals surface area contributed by atoms with Gasteiger partial charge in [0.2, 0.25) is 0 Å². The summed E-state index contributed by atoms with van der Waals surface area (Å²) in [4.78, 5) is 0. The molecule has 0 radical (unpaired) electrons. The Balaban J connectivity index is 2.49. The van der Waals surface area contributed by atoms with E-state index in [-0.39, 0.29) is 6.61 Å². The van der Waals surface area contributed by atoms with E-state index in [2.05, 4.69) is 27.4 Å². The molecular formula is C7H9BrOS. The number of hydrogen-bond donors (Lipinski definition) is 1. The Hall–Kier alpha value is 0.140. The fourth-order valence-corrected chi connectivity index (χ4v) is 2.10. The Morgan fingerprint density at radius 1 is 1.60 bits per heavy atom. The second-order valence-corrected chi connectivity index (χ2v) is 4.28. The molecule has 10 heavy (non-hydrogen) atoms. The van der Waals surface area contributed by atoms with Crippen molar-refractivity contribution in [1.82, 2.24) is 0 Å². The van der Waals surface area contributed by atoms with Gasteiger partial charge in [0.15, 0.2) is 0 Å². The maximum Gasteiger partial charge on any atom is 0.0730 e. The molecule has 0 aliphatic carbocycles. The summed E-state index contributed by atoms with van der Waals surface area (Å²) in [5.74, 6) is 0. The number of thiophene rings is 1. The molecule has 0 bridgehead atoms. The lowest BCUT2D eigenvalue weighted by atomic mass is 10.2. The van der Waals surface area contributed by atoms with Crippen LogP contribution >= 0.6 is 27.3 Å². The van der Waals surface area contributed by atoms with Crippen molar-refractivity contribution in [1.29, 1.82) is 0 Å². The fourth-order valence-electron chi connectivity index (χ4n) is 0.768. The molecule has 0 amide bonds. The van der Waals surface area contributed by atoms with E-state index in [9.17, 15) is 0 Å². The van der Waals surface area contributed by atoms with E-state index in [1.807, 2.05) is 0 Å². The third kappa shape index (κ3) is 2.08. The molecule has 1 aromatic heterocycles. The van der Waals surface area contributed by atoms with Crippen molar-refractivity contribution < 1.29 is 5.11 Å². The van der Waals surface area contributed by atoms with Crippen LogP contribution in [0.25, 0.3) is 0 Å². The normalized spacial score (nSPS) is 10.2. The molecule has 3 heteroatoms. The summed E-state index contributed by atoms with van der Waals surface area (Å²) in [5.41, 5.74) is 1.30. The van der Waals surface area contributed by atoms with Crippen LogP contribution in [0, 0.1) is 0 Å². The topological polar surface area (TPSA) is 20.2 Å². The van der Waals surface area contributed by atoms with Crippen molar-refractivity contribution in [3.05, 3.63) is 20.8 Å². The molecule has 1 aromatic rings. The van der Waals surface area contributed by atoms with Crippen LogP contribution in [0.2, 0.25) is 0 Å². The number of aryl methyl sites for hydroxylation is 1. The first-order valence-corrected chi connectivity index (χ1v) is 4.84. The van der Waals surface area contributed by atoms with E-state index in [4.69, 9.17) is 5.11 Å². The van der Waals surface area contributed by atoms with Gasteiger partial charge >= 0.3 is 0 Å². The summed E-state index contributed by atoms with van der Waals surface area (Å²) in [7, 11) is 0. The Kier molecular flexibility index (Phi) is 3.39. The minimum atomic E-state index is 0.280. The van der Waals surface area contributed by atoms with Crippen LogP contribution in [0.1, 0.15) is 12.0 Å². The van der Waals surface area contributed by atoms with Gasteiger partial charge in [-0.1, -0.05) is 0 Å². The Morgan fingerprint density at radius 2 is 2.40 bits per heavy atom. The molecule has 1 nitrogen and oxygen atoms in total. The summed E-state index contributed by atoms with van der Waals surface area (Å²) in [6, 6.07) is 2.09. The molecule has 0 spiro atoms. The average Bonchev–Trinajstić information content (AvgIpc) is 2.31. The van der Waals surface area contributed by atoms with Crippen LogP contribution < -0.4 is 0 Å². The monoisotopic (exact) mass is 220 g/mol. The number of aliphatic hydroxyl groups excluding tert-OH is 1. The van der Waals surface area contributed by atoms with Gasteiger partial charge in [0, 0.05) is 6.61 Å². The molecule has 0 unspecified atom stereocenters. The number of rotatable bonds is 3. The SMILES string of the molecule is OCCCc1ccsc1Br. The molecule has 1 rings (SSSR count). The van der Waals surface area contributed by atoms with Gasteiger partial charge in [0.25, 0.3) is 0 Å². The minimum absolute atomic E-state index is 0.280. The molecule has 0 atom stereocenters. The van der Waals surface area contributed by atoms with Crippen molar-refractivity contribution in [2.24, 2.45) is 0 Å². The summed E-state index contributed by atoms with van der Waals surface area (Å²) in [5, 5.41) is 10.6. The lowest BCUT2D eigenvalue weighted by molar-refractivity contribution is 0.288. The van der Waals surface area contributed by atoms with Gasteiger partial charge in [0.05, 0.1) is 3.79 Å². The number of hydrogen-bond acceptors (Lipinski definition) is 2.